The van der Waals surface area contributed by atoms with Crippen LogP contribution < -0.4 is 0 Å². The second kappa shape index (κ2) is 6.82. The third-order valence-corrected chi connectivity index (χ3v) is 5.42. The molecule has 4 rings (SSSR count). The van der Waals surface area contributed by atoms with Crippen molar-refractivity contribution in [2.24, 2.45) is 5.92 Å². The molecule has 24 heavy (non-hydrogen) atoms. The number of carbonyl (C=O) groups excluding carboxylic acids is 1. The molecule has 0 N–H and O–H groups in total. The van der Waals surface area contributed by atoms with Crippen LogP contribution in [0.2, 0.25) is 0 Å². The number of nitrogens with zero attached hydrogens (tertiary/aromatic N) is 1. The Bertz CT molecular complexity index is 570. The average molecular weight is 331 g/mol. The lowest BCUT2D eigenvalue weighted by atomic mass is 9.82. The first-order valence-electron chi connectivity index (χ1n) is 9.02. The van der Waals surface area contributed by atoms with E-state index in [1.807, 2.05) is 23.1 Å². The topological polar surface area (TPSA) is 48.0 Å². The van der Waals surface area contributed by atoms with Gasteiger partial charge in [0.1, 0.15) is 6.10 Å². The van der Waals surface area contributed by atoms with E-state index in [1.54, 1.807) is 0 Å². The SMILES string of the molecule is O=C([C@H]1CCCCC12OCCO2)N1CCO[C@H](c2ccccc2)C1. The minimum absolute atomic E-state index is 0.0474. The van der Waals surface area contributed by atoms with Crippen LogP contribution in [0.25, 0.3) is 0 Å². The monoisotopic (exact) mass is 331 g/mol. The predicted octanol–water partition coefficient (Wildman–Crippen LogP) is 2.52. The van der Waals surface area contributed by atoms with Crippen molar-refractivity contribution < 1.29 is 19.0 Å². The molecule has 2 heterocycles. The van der Waals surface area contributed by atoms with Crippen LogP contribution in [0.4, 0.5) is 0 Å². The average Bonchev–Trinajstić information content (AvgIpc) is 3.11. The lowest BCUT2D eigenvalue weighted by Crippen LogP contribution is -2.53. The third kappa shape index (κ3) is 2.96. The van der Waals surface area contributed by atoms with E-state index in [4.69, 9.17) is 14.2 Å². The Labute approximate surface area is 142 Å². The fraction of sp³-hybridized carbons (Fsp3) is 0.632. The molecule has 130 valence electrons. The normalized spacial score (nSPS) is 29.8. The number of rotatable bonds is 2. The molecular weight excluding hydrogens is 306 g/mol. The van der Waals surface area contributed by atoms with Crippen LogP contribution in [-0.2, 0) is 19.0 Å². The minimum atomic E-state index is -0.671. The fourth-order valence-electron chi connectivity index (χ4n) is 4.18. The number of carbonyl (C=O) groups is 1. The van der Waals surface area contributed by atoms with Gasteiger partial charge < -0.3 is 19.1 Å². The number of hydrogen-bond donors (Lipinski definition) is 0. The molecule has 0 radical (unpaired) electrons. The van der Waals surface area contributed by atoms with Gasteiger partial charge in [-0.05, 0) is 18.4 Å². The fourth-order valence-corrected chi connectivity index (χ4v) is 4.18. The number of amides is 1. The molecule has 1 aromatic carbocycles. The summed E-state index contributed by atoms with van der Waals surface area (Å²) in [5.41, 5.74) is 1.13. The predicted molar refractivity (Wildman–Crippen MR) is 88.3 cm³/mol. The van der Waals surface area contributed by atoms with Crippen molar-refractivity contribution in [3.63, 3.8) is 0 Å². The van der Waals surface area contributed by atoms with E-state index in [9.17, 15) is 4.79 Å². The van der Waals surface area contributed by atoms with Gasteiger partial charge in [-0.2, -0.15) is 0 Å². The van der Waals surface area contributed by atoms with E-state index in [2.05, 4.69) is 12.1 Å². The summed E-state index contributed by atoms with van der Waals surface area (Å²) in [6.07, 6.45) is 3.77. The van der Waals surface area contributed by atoms with E-state index >= 15 is 0 Å². The number of ether oxygens (including phenoxy) is 3. The molecule has 1 aromatic rings. The number of benzene rings is 1. The molecule has 3 aliphatic rings. The van der Waals surface area contributed by atoms with Gasteiger partial charge in [-0.1, -0.05) is 36.8 Å². The maximum Gasteiger partial charge on any atom is 0.231 e. The summed E-state index contributed by atoms with van der Waals surface area (Å²) in [5, 5.41) is 0. The van der Waals surface area contributed by atoms with Crippen LogP contribution in [0.15, 0.2) is 30.3 Å². The molecule has 1 spiro atoms. The second-order valence-corrected chi connectivity index (χ2v) is 6.86. The summed E-state index contributed by atoms with van der Waals surface area (Å²) in [5.74, 6) is -0.681. The molecule has 0 bridgehead atoms. The first kappa shape index (κ1) is 16.1. The van der Waals surface area contributed by atoms with Gasteiger partial charge in [0.05, 0.1) is 32.3 Å². The molecule has 1 saturated carbocycles. The van der Waals surface area contributed by atoms with Crippen LogP contribution in [-0.4, -0.2) is 49.5 Å². The van der Waals surface area contributed by atoms with Crippen molar-refractivity contribution in [2.75, 3.05) is 32.9 Å². The van der Waals surface area contributed by atoms with Crippen molar-refractivity contribution in [1.82, 2.24) is 4.90 Å². The summed E-state index contributed by atoms with van der Waals surface area (Å²) in [7, 11) is 0. The Morgan fingerprint density at radius 2 is 1.88 bits per heavy atom. The van der Waals surface area contributed by atoms with E-state index in [1.165, 1.54) is 0 Å². The van der Waals surface area contributed by atoms with Crippen LogP contribution in [0.3, 0.4) is 0 Å². The quantitative estimate of drug-likeness (QED) is 0.835. The minimum Gasteiger partial charge on any atom is -0.370 e. The first-order valence-corrected chi connectivity index (χ1v) is 9.02. The molecule has 3 fully saturated rings. The maximum absolute atomic E-state index is 13.2. The lowest BCUT2D eigenvalue weighted by Gasteiger charge is -2.42. The third-order valence-electron chi connectivity index (χ3n) is 5.42. The van der Waals surface area contributed by atoms with Gasteiger partial charge in [0.2, 0.25) is 5.91 Å². The zero-order valence-electron chi connectivity index (χ0n) is 14.0. The van der Waals surface area contributed by atoms with Gasteiger partial charge in [0.25, 0.3) is 0 Å². The Hall–Kier alpha value is -1.43. The number of hydrogen-bond acceptors (Lipinski definition) is 4. The molecule has 2 aliphatic heterocycles. The summed E-state index contributed by atoms with van der Waals surface area (Å²) < 4.78 is 17.7. The van der Waals surface area contributed by atoms with Crippen molar-refractivity contribution in [1.29, 1.82) is 0 Å². The van der Waals surface area contributed by atoms with E-state index in [-0.39, 0.29) is 17.9 Å². The highest BCUT2D eigenvalue weighted by molar-refractivity contribution is 5.80. The van der Waals surface area contributed by atoms with E-state index in [0.717, 1.165) is 31.2 Å². The van der Waals surface area contributed by atoms with Crippen molar-refractivity contribution >= 4 is 5.91 Å². The summed E-state index contributed by atoms with van der Waals surface area (Å²) in [6, 6.07) is 10.1. The van der Waals surface area contributed by atoms with Crippen LogP contribution in [0.1, 0.15) is 37.4 Å². The zero-order valence-corrected chi connectivity index (χ0v) is 14.0. The van der Waals surface area contributed by atoms with Crippen molar-refractivity contribution in [3.8, 4) is 0 Å². The molecular formula is C19H25NO4. The van der Waals surface area contributed by atoms with Gasteiger partial charge in [-0.25, -0.2) is 0 Å². The van der Waals surface area contributed by atoms with Crippen LogP contribution in [0, 0.1) is 5.92 Å². The Morgan fingerprint density at radius 3 is 2.67 bits per heavy atom. The Kier molecular flexibility index (Phi) is 4.57. The summed E-state index contributed by atoms with van der Waals surface area (Å²) in [6.45, 7) is 3.02. The van der Waals surface area contributed by atoms with Gasteiger partial charge in [0, 0.05) is 13.0 Å². The van der Waals surface area contributed by atoms with Crippen LogP contribution >= 0.6 is 0 Å². The van der Waals surface area contributed by atoms with Gasteiger partial charge in [0.15, 0.2) is 5.79 Å². The molecule has 5 nitrogen and oxygen atoms in total. The molecule has 0 aromatic heterocycles. The Balaban J connectivity index is 1.49. The highest BCUT2D eigenvalue weighted by Crippen LogP contribution is 2.41. The summed E-state index contributed by atoms with van der Waals surface area (Å²) >= 11 is 0. The van der Waals surface area contributed by atoms with Crippen LogP contribution in [0.5, 0.6) is 0 Å². The molecule has 2 saturated heterocycles. The standard InChI is InChI=1S/C19H25NO4/c21-18(16-8-4-5-9-19(16)23-12-13-24-19)20-10-11-22-17(14-20)15-6-2-1-3-7-15/h1-3,6-7,16-17H,4-5,8-14H2/t16-,17+/m1/s1. The largest absolute Gasteiger partial charge is 0.370 e. The van der Waals surface area contributed by atoms with Crippen molar-refractivity contribution in [2.45, 2.75) is 37.6 Å². The molecule has 1 aliphatic carbocycles. The lowest BCUT2D eigenvalue weighted by molar-refractivity contribution is -0.218. The van der Waals surface area contributed by atoms with Gasteiger partial charge in [-0.15, -0.1) is 0 Å². The maximum atomic E-state index is 13.2. The van der Waals surface area contributed by atoms with Gasteiger partial charge >= 0.3 is 0 Å². The smallest absolute Gasteiger partial charge is 0.231 e. The van der Waals surface area contributed by atoms with Crippen molar-refractivity contribution in [3.05, 3.63) is 35.9 Å². The zero-order chi connectivity index (χ0) is 16.4. The highest BCUT2D eigenvalue weighted by atomic mass is 16.7. The highest BCUT2D eigenvalue weighted by Gasteiger charge is 2.50. The molecule has 1 amide bonds. The van der Waals surface area contributed by atoms with E-state index < -0.39 is 5.79 Å². The Morgan fingerprint density at radius 1 is 1.08 bits per heavy atom. The van der Waals surface area contributed by atoms with E-state index in [0.29, 0.717) is 32.9 Å². The molecule has 5 heteroatoms. The number of morpholine rings is 1. The molecule has 0 unspecified atom stereocenters. The molecule has 2 atom stereocenters. The first-order chi connectivity index (χ1) is 11.8. The summed E-state index contributed by atoms with van der Waals surface area (Å²) in [4.78, 5) is 15.1. The second-order valence-electron chi connectivity index (χ2n) is 6.86. The van der Waals surface area contributed by atoms with Gasteiger partial charge in [-0.3, -0.25) is 4.79 Å².